The quantitative estimate of drug-likeness (QED) is 0.656. The van der Waals surface area contributed by atoms with Crippen LogP contribution in [-0.2, 0) is 0 Å². The van der Waals surface area contributed by atoms with Gasteiger partial charge in [-0.25, -0.2) is 0 Å². The molecule has 13 heavy (non-hydrogen) atoms. The molecule has 0 aliphatic carbocycles. The maximum absolute atomic E-state index is 11.8. The molecule has 3 heteroatoms. The fourth-order valence-electron chi connectivity index (χ4n) is 1.86. The summed E-state index contributed by atoms with van der Waals surface area (Å²) < 4.78 is 11.8. The van der Waals surface area contributed by atoms with Crippen molar-refractivity contribution in [2.45, 2.75) is 31.7 Å². The summed E-state index contributed by atoms with van der Waals surface area (Å²) in [6, 6.07) is 0.674. The molecular formula is C10H21FN2. The summed E-state index contributed by atoms with van der Waals surface area (Å²) in [5.41, 5.74) is 0. The van der Waals surface area contributed by atoms with E-state index in [9.17, 15) is 4.39 Å². The van der Waals surface area contributed by atoms with Crippen LogP contribution >= 0.6 is 0 Å². The second-order valence-electron chi connectivity index (χ2n) is 3.88. The van der Waals surface area contributed by atoms with Gasteiger partial charge in [0, 0.05) is 12.6 Å². The van der Waals surface area contributed by atoms with Crippen molar-refractivity contribution < 1.29 is 4.39 Å². The summed E-state index contributed by atoms with van der Waals surface area (Å²) >= 11 is 0. The molecular weight excluding hydrogens is 167 g/mol. The molecule has 1 heterocycles. The van der Waals surface area contributed by atoms with Gasteiger partial charge in [-0.05, 0) is 39.4 Å². The average Bonchev–Trinajstić information content (AvgIpc) is 2.15. The Morgan fingerprint density at radius 2 is 2.31 bits per heavy atom. The summed E-state index contributed by atoms with van der Waals surface area (Å²) in [5, 5.41) is 3.30. The highest BCUT2D eigenvalue weighted by atomic mass is 19.1. The van der Waals surface area contributed by atoms with Crippen molar-refractivity contribution in [3.05, 3.63) is 0 Å². The first-order chi connectivity index (χ1) is 6.34. The predicted molar refractivity (Wildman–Crippen MR) is 53.7 cm³/mol. The number of likely N-dealkylation sites (N-methyl/N-ethyl adjacent to an activating group) is 1. The van der Waals surface area contributed by atoms with Gasteiger partial charge in [-0.1, -0.05) is 6.42 Å². The third-order valence-electron chi connectivity index (χ3n) is 2.79. The number of piperidine rings is 1. The summed E-state index contributed by atoms with van der Waals surface area (Å²) in [4.78, 5) is 2.41. The van der Waals surface area contributed by atoms with Gasteiger partial charge in [-0.3, -0.25) is 4.39 Å². The van der Waals surface area contributed by atoms with Gasteiger partial charge in [-0.2, -0.15) is 0 Å². The molecule has 1 saturated heterocycles. The molecule has 78 valence electrons. The van der Waals surface area contributed by atoms with Crippen molar-refractivity contribution in [3.8, 4) is 0 Å². The van der Waals surface area contributed by atoms with Crippen molar-refractivity contribution in [2.24, 2.45) is 0 Å². The lowest BCUT2D eigenvalue weighted by molar-refractivity contribution is 0.181. The van der Waals surface area contributed by atoms with Crippen LogP contribution in [0.25, 0.3) is 0 Å². The van der Waals surface area contributed by atoms with Crippen LogP contribution < -0.4 is 5.32 Å². The maximum Gasteiger partial charge on any atom is 0.0906 e. The molecule has 0 aromatic carbocycles. The van der Waals surface area contributed by atoms with Gasteiger partial charge in [0.25, 0.3) is 0 Å². The van der Waals surface area contributed by atoms with E-state index in [1.54, 1.807) is 0 Å². The van der Waals surface area contributed by atoms with Crippen LogP contribution in [0.3, 0.4) is 0 Å². The van der Waals surface area contributed by atoms with E-state index in [1.807, 2.05) is 0 Å². The molecule has 0 spiro atoms. The van der Waals surface area contributed by atoms with Crippen molar-refractivity contribution in [3.63, 3.8) is 0 Å². The number of hydrogen-bond acceptors (Lipinski definition) is 2. The third kappa shape index (κ3) is 4.05. The van der Waals surface area contributed by atoms with E-state index < -0.39 is 0 Å². The van der Waals surface area contributed by atoms with E-state index in [0.29, 0.717) is 12.5 Å². The number of nitrogens with zero attached hydrogens (tertiary/aromatic N) is 1. The van der Waals surface area contributed by atoms with Gasteiger partial charge in [0.1, 0.15) is 0 Å². The zero-order valence-electron chi connectivity index (χ0n) is 8.56. The summed E-state index contributed by atoms with van der Waals surface area (Å²) in [6.45, 7) is 2.86. The third-order valence-corrected chi connectivity index (χ3v) is 2.79. The zero-order chi connectivity index (χ0) is 9.52. The fraction of sp³-hybridized carbons (Fsp3) is 1.00. The Labute approximate surface area is 80.5 Å². The number of likely N-dealkylation sites (tertiary alicyclic amines) is 1. The Hall–Kier alpha value is -0.150. The number of nitrogens with one attached hydrogen (secondary N) is 1. The highest BCUT2D eigenvalue weighted by Crippen LogP contribution is 2.13. The SMILES string of the molecule is CN1CCCCC1CNCCCF. The molecule has 1 rings (SSSR count). The Morgan fingerprint density at radius 1 is 1.46 bits per heavy atom. The normalized spacial score (nSPS) is 24.9. The van der Waals surface area contributed by atoms with Crippen molar-refractivity contribution >= 4 is 0 Å². The Bertz CT molecular complexity index is 130. The minimum atomic E-state index is -0.201. The molecule has 1 fully saturated rings. The number of halogens is 1. The molecule has 1 aliphatic rings. The Kier molecular flexibility index (Phi) is 5.32. The molecule has 0 aromatic heterocycles. The average molecular weight is 188 g/mol. The Morgan fingerprint density at radius 3 is 3.00 bits per heavy atom. The van der Waals surface area contributed by atoms with Gasteiger partial charge in [0.2, 0.25) is 0 Å². The van der Waals surface area contributed by atoms with E-state index >= 15 is 0 Å². The van der Waals surface area contributed by atoms with Crippen LogP contribution in [0.2, 0.25) is 0 Å². The first kappa shape index (κ1) is 10.9. The van der Waals surface area contributed by atoms with E-state index in [-0.39, 0.29) is 6.67 Å². The molecule has 0 saturated carbocycles. The van der Waals surface area contributed by atoms with Crippen LogP contribution in [-0.4, -0.2) is 44.3 Å². The molecule has 0 aromatic rings. The summed E-state index contributed by atoms with van der Waals surface area (Å²) in [7, 11) is 2.18. The minimum absolute atomic E-state index is 0.201. The van der Waals surface area contributed by atoms with E-state index in [1.165, 1.54) is 25.8 Å². The lowest BCUT2D eigenvalue weighted by Crippen LogP contribution is -2.43. The molecule has 1 N–H and O–H groups in total. The standard InChI is InChI=1S/C10H21FN2/c1-13-8-3-2-5-10(13)9-12-7-4-6-11/h10,12H,2-9H2,1H3. The lowest BCUT2D eigenvalue weighted by atomic mass is 10.0. The number of rotatable bonds is 5. The van der Waals surface area contributed by atoms with E-state index in [0.717, 1.165) is 13.1 Å². The summed E-state index contributed by atoms with van der Waals surface area (Å²) in [5.74, 6) is 0. The monoisotopic (exact) mass is 188 g/mol. The first-order valence-electron chi connectivity index (χ1n) is 5.31. The van der Waals surface area contributed by atoms with E-state index in [4.69, 9.17) is 0 Å². The van der Waals surface area contributed by atoms with Crippen molar-refractivity contribution in [2.75, 3.05) is 33.4 Å². The topological polar surface area (TPSA) is 15.3 Å². The molecule has 0 amide bonds. The number of alkyl halides is 1. The zero-order valence-corrected chi connectivity index (χ0v) is 8.56. The molecule has 1 atom stereocenters. The first-order valence-corrected chi connectivity index (χ1v) is 5.31. The van der Waals surface area contributed by atoms with Gasteiger partial charge >= 0.3 is 0 Å². The highest BCUT2D eigenvalue weighted by molar-refractivity contribution is 4.75. The highest BCUT2D eigenvalue weighted by Gasteiger charge is 2.17. The summed E-state index contributed by atoms with van der Waals surface area (Å²) in [6.07, 6.45) is 4.62. The van der Waals surface area contributed by atoms with Gasteiger partial charge < -0.3 is 10.2 Å². The van der Waals surface area contributed by atoms with Gasteiger partial charge in [0.05, 0.1) is 6.67 Å². The second kappa shape index (κ2) is 6.33. The lowest BCUT2D eigenvalue weighted by Gasteiger charge is -2.32. The molecule has 1 aliphatic heterocycles. The largest absolute Gasteiger partial charge is 0.315 e. The van der Waals surface area contributed by atoms with Crippen LogP contribution in [0.1, 0.15) is 25.7 Å². The number of hydrogen-bond donors (Lipinski definition) is 1. The molecule has 1 unspecified atom stereocenters. The van der Waals surface area contributed by atoms with Gasteiger partial charge in [-0.15, -0.1) is 0 Å². The second-order valence-corrected chi connectivity index (χ2v) is 3.88. The maximum atomic E-state index is 11.8. The smallest absolute Gasteiger partial charge is 0.0906 e. The van der Waals surface area contributed by atoms with Crippen LogP contribution in [0.4, 0.5) is 4.39 Å². The Balaban J connectivity index is 2.05. The molecule has 0 bridgehead atoms. The van der Waals surface area contributed by atoms with Crippen LogP contribution in [0.15, 0.2) is 0 Å². The van der Waals surface area contributed by atoms with Crippen LogP contribution in [0.5, 0.6) is 0 Å². The van der Waals surface area contributed by atoms with E-state index in [2.05, 4.69) is 17.3 Å². The predicted octanol–water partition coefficient (Wildman–Crippen LogP) is 1.42. The van der Waals surface area contributed by atoms with Crippen molar-refractivity contribution in [1.82, 2.24) is 10.2 Å². The molecule has 0 radical (unpaired) electrons. The fourth-order valence-corrected chi connectivity index (χ4v) is 1.86. The molecule has 2 nitrogen and oxygen atoms in total. The van der Waals surface area contributed by atoms with Crippen molar-refractivity contribution in [1.29, 1.82) is 0 Å². The minimum Gasteiger partial charge on any atom is -0.315 e. The van der Waals surface area contributed by atoms with Gasteiger partial charge in [0.15, 0.2) is 0 Å². The van der Waals surface area contributed by atoms with Crippen LogP contribution in [0, 0.1) is 0 Å².